The average molecular weight is 360 g/mol. The minimum atomic E-state index is -0.804. The second kappa shape index (κ2) is 7.87. The predicted octanol–water partition coefficient (Wildman–Crippen LogP) is 3.78. The summed E-state index contributed by atoms with van der Waals surface area (Å²) >= 11 is 1.32. The van der Waals surface area contributed by atoms with Gasteiger partial charge in [0, 0.05) is 18.4 Å². The first-order valence-electron chi connectivity index (χ1n) is 8.78. The van der Waals surface area contributed by atoms with Crippen molar-refractivity contribution >= 4 is 23.2 Å². The standard InChI is InChI=1S/C19H24N2O3S/c1-13-7-3-4-8-15(13)20-18(22)14(2)24-19(23)17-16(9-12-25-17)21-10-5-6-11-21/h5-6,9-15H,3-4,7-8H2,1-2H3,(H,20,22). The van der Waals surface area contributed by atoms with Crippen molar-refractivity contribution in [1.82, 2.24) is 9.88 Å². The van der Waals surface area contributed by atoms with E-state index in [9.17, 15) is 9.59 Å². The fraction of sp³-hybridized carbons (Fsp3) is 0.474. The van der Waals surface area contributed by atoms with Crippen LogP contribution in [0.4, 0.5) is 0 Å². The number of carbonyl (C=O) groups excluding carboxylic acids is 2. The van der Waals surface area contributed by atoms with Gasteiger partial charge in [-0.05, 0) is 49.3 Å². The summed E-state index contributed by atoms with van der Waals surface area (Å²) in [6.45, 7) is 3.79. The Balaban J connectivity index is 1.61. The van der Waals surface area contributed by atoms with Gasteiger partial charge in [-0.2, -0.15) is 0 Å². The van der Waals surface area contributed by atoms with Gasteiger partial charge in [-0.25, -0.2) is 4.79 Å². The summed E-state index contributed by atoms with van der Waals surface area (Å²) < 4.78 is 7.28. The first kappa shape index (κ1) is 17.7. The summed E-state index contributed by atoms with van der Waals surface area (Å²) in [7, 11) is 0. The van der Waals surface area contributed by atoms with Gasteiger partial charge in [0.1, 0.15) is 4.88 Å². The fourth-order valence-electron chi connectivity index (χ4n) is 3.25. The molecule has 3 rings (SSSR count). The van der Waals surface area contributed by atoms with Crippen molar-refractivity contribution in [3.8, 4) is 5.69 Å². The third kappa shape index (κ3) is 4.12. The number of carbonyl (C=O) groups is 2. The Morgan fingerprint density at radius 3 is 2.72 bits per heavy atom. The second-order valence-corrected chi connectivity index (χ2v) is 7.57. The minimum absolute atomic E-state index is 0.180. The highest BCUT2D eigenvalue weighted by Gasteiger charge is 2.27. The average Bonchev–Trinajstić information content (AvgIpc) is 3.27. The normalized spacial score (nSPS) is 21.5. The molecule has 0 radical (unpaired) electrons. The van der Waals surface area contributed by atoms with Crippen LogP contribution in [0.25, 0.3) is 5.69 Å². The number of amides is 1. The van der Waals surface area contributed by atoms with Gasteiger partial charge in [0.05, 0.1) is 5.69 Å². The van der Waals surface area contributed by atoms with E-state index in [-0.39, 0.29) is 11.9 Å². The Hall–Kier alpha value is -2.08. The van der Waals surface area contributed by atoms with Gasteiger partial charge in [0.25, 0.3) is 5.91 Å². The number of nitrogens with zero attached hydrogens (tertiary/aromatic N) is 1. The minimum Gasteiger partial charge on any atom is -0.448 e. The van der Waals surface area contributed by atoms with Crippen LogP contribution in [0, 0.1) is 5.92 Å². The maximum Gasteiger partial charge on any atom is 0.351 e. The molecule has 1 amide bonds. The van der Waals surface area contributed by atoms with E-state index in [2.05, 4.69) is 12.2 Å². The van der Waals surface area contributed by atoms with Crippen molar-refractivity contribution < 1.29 is 14.3 Å². The van der Waals surface area contributed by atoms with Crippen LogP contribution in [0.15, 0.2) is 36.0 Å². The molecule has 3 atom stereocenters. The van der Waals surface area contributed by atoms with Gasteiger partial charge in [0.15, 0.2) is 6.10 Å². The van der Waals surface area contributed by atoms with E-state index in [1.54, 1.807) is 6.92 Å². The molecule has 0 spiro atoms. The SMILES string of the molecule is CC(OC(=O)c1sccc1-n1cccc1)C(=O)NC1CCCCC1C. The van der Waals surface area contributed by atoms with Crippen molar-refractivity contribution in [2.45, 2.75) is 51.7 Å². The molecule has 1 N–H and O–H groups in total. The number of aromatic nitrogens is 1. The summed E-state index contributed by atoms with van der Waals surface area (Å²) in [5, 5.41) is 4.89. The summed E-state index contributed by atoms with van der Waals surface area (Å²) in [5.41, 5.74) is 0.772. The Morgan fingerprint density at radius 1 is 1.28 bits per heavy atom. The van der Waals surface area contributed by atoms with Crippen molar-refractivity contribution in [3.63, 3.8) is 0 Å². The highest BCUT2D eigenvalue weighted by molar-refractivity contribution is 7.12. The predicted molar refractivity (Wildman–Crippen MR) is 98.1 cm³/mol. The molecule has 2 aromatic rings. The van der Waals surface area contributed by atoms with Crippen molar-refractivity contribution in [3.05, 3.63) is 40.8 Å². The highest BCUT2D eigenvalue weighted by Crippen LogP contribution is 2.25. The molecule has 134 valence electrons. The zero-order valence-corrected chi connectivity index (χ0v) is 15.4. The zero-order valence-electron chi connectivity index (χ0n) is 14.6. The maximum absolute atomic E-state index is 12.5. The molecule has 3 unspecified atom stereocenters. The number of hydrogen-bond donors (Lipinski definition) is 1. The van der Waals surface area contributed by atoms with Crippen LogP contribution in [-0.4, -0.2) is 28.6 Å². The van der Waals surface area contributed by atoms with Crippen LogP contribution in [-0.2, 0) is 9.53 Å². The number of hydrogen-bond acceptors (Lipinski definition) is 4. The first-order chi connectivity index (χ1) is 12.1. The Labute approximate surface area is 152 Å². The molecular formula is C19H24N2O3S. The first-order valence-corrected chi connectivity index (χ1v) is 9.66. The lowest BCUT2D eigenvalue weighted by Gasteiger charge is -2.30. The Bertz CT molecular complexity index is 723. The molecule has 25 heavy (non-hydrogen) atoms. The van der Waals surface area contributed by atoms with Crippen molar-refractivity contribution in [2.75, 3.05) is 0 Å². The smallest absolute Gasteiger partial charge is 0.351 e. The molecule has 0 aromatic carbocycles. The zero-order chi connectivity index (χ0) is 17.8. The van der Waals surface area contributed by atoms with E-state index >= 15 is 0 Å². The van der Waals surface area contributed by atoms with Crippen LogP contribution in [0.3, 0.4) is 0 Å². The largest absolute Gasteiger partial charge is 0.448 e. The topological polar surface area (TPSA) is 60.3 Å². The van der Waals surface area contributed by atoms with E-state index in [4.69, 9.17) is 4.74 Å². The Kier molecular flexibility index (Phi) is 5.58. The monoisotopic (exact) mass is 360 g/mol. The van der Waals surface area contributed by atoms with Gasteiger partial charge >= 0.3 is 5.97 Å². The molecule has 5 nitrogen and oxygen atoms in total. The fourth-order valence-corrected chi connectivity index (χ4v) is 4.02. The van der Waals surface area contributed by atoms with Gasteiger partial charge < -0.3 is 14.6 Å². The van der Waals surface area contributed by atoms with Gasteiger partial charge in [-0.15, -0.1) is 11.3 Å². The molecule has 0 saturated heterocycles. The van der Waals surface area contributed by atoms with Crippen molar-refractivity contribution in [1.29, 1.82) is 0 Å². The van der Waals surface area contributed by atoms with E-state index < -0.39 is 12.1 Å². The molecular weight excluding hydrogens is 336 g/mol. The van der Waals surface area contributed by atoms with E-state index in [0.29, 0.717) is 10.8 Å². The number of nitrogens with one attached hydrogen (secondary N) is 1. The summed E-state index contributed by atoms with van der Waals surface area (Å²) in [5.74, 6) is -0.206. The summed E-state index contributed by atoms with van der Waals surface area (Å²) in [6.07, 6.45) is 7.43. The Morgan fingerprint density at radius 2 is 2.00 bits per heavy atom. The second-order valence-electron chi connectivity index (χ2n) is 6.65. The molecule has 6 heteroatoms. The number of ether oxygens (including phenoxy) is 1. The number of thiophene rings is 1. The molecule has 0 aliphatic heterocycles. The lowest BCUT2D eigenvalue weighted by Crippen LogP contribution is -2.45. The van der Waals surface area contributed by atoms with Crippen LogP contribution in [0.2, 0.25) is 0 Å². The van der Waals surface area contributed by atoms with E-state index in [1.165, 1.54) is 17.8 Å². The van der Waals surface area contributed by atoms with Gasteiger partial charge in [-0.3, -0.25) is 4.79 Å². The summed E-state index contributed by atoms with van der Waals surface area (Å²) in [6, 6.07) is 5.84. The highest BCUT2D eigenvalue weighted by atomic mass is 32.1. The third-order valence-corrected chi connectivity index (χ3v) is 5.69. The lowest BCUT2D eigenvalue weighted by atomic mass is 9.86. The maximum atomic E-state index is 12.5. The third-order valence-electron chi connectivity index (χ3n) is 4.80. The molecule has 2 aromatic heterocycles. The molecule has 1 fully saturated rings. The van der Waals surface area contributed by atoms with Crippen molar-refractivity contribution in [2.24, 2.45) is 5.92 Å². The van der Waals surface area contributed by atoms with E-state index in [0.717, 1.165) is 24.9 Å². The van der Waals surface area contributed by atoms with Crippen LogP contribution < -0.4 is 5.32 Å². The van der Waals surface area contributed by atoms with E-state index in [1.807, 2.05) is 40.5 Å². The van der Waals surface area contributed by atoms with Crippen LogP contribution in [0.5, 0.6) is 0 Å². The quantitative estimate of drug-likeness (QED) is 0.826. The van der Waals surface area contributed by atoms with Crippen LogP contribution >= 0.6 is 11.3 Å². The van der Waals surface area contributed by atoms with Gasteiger partial charge in [-0.1, -0.05) is 19.8 Å². The van der Waals surface area contributed by atoms with Crippen LogP contribution in [0.1, 0.15) is 49.2 Å². The molecule has 1 aliphatic rings. The molecule has 1 saturated carbocycles. The lowest BCUT2D eigenvalue weighted by molar-refractivity contribution is -0.130. The number of esters is 1. The van der Waals surface area contributed by atoms with Gasteiger partial charge in [0.2, 0.25) is 0 Å². The number of rotatable bonds is 5. The molecule has 2 heterocycles. The molecule has 0 bridgehead atoms. The molecule has 1 aliphatic carbocycles. The summed E-state index contributed by atoms with van der Waals surface area (Å²) in [4.78, 5) is 25.4.